The average molecular weight is 430 g/mol. The molecule has 1 aromatic carbocycles. The van der Waals surface area contributed by atoms with E-state index in [1.165, 1.54) is 37.9 Å². The van der Waals surface area contributed by atoms with Crippen molar-refractivity contribution in [3.8, 4) is 0 Å². The summed E-state index contributed by atoms with van der Waals surface area (Å²) >= 11 is 1.65. The first kappa shape index (κ1) is 21.2. The van der Waals surface area contributed by atoms with Gasteiger partial charge in [0.2, 0.25) is 5.82 Å². The van der Waals surface area contributed by atoms with Crippen molar-refractivity contribution in [3.05, 3.63) is 47.4 Å². The highest BCUT2D eigenvalue weighted by Crippen LogP contribution is 2.57. The third-order valence-electron chi connectivity index (χ3n) is 6.76. The number of aliphatic hydroxyl groups is 1. The smallest absolute Gasteiger partial charge is 0.201 e. The summed E-state index contributed by atoms with van der Waals surface area (Å²) in [4.78, 5) is 2.63. The number of thioether (sulfide) groups is 1. The van der Waals surface area contributed by atoms with E-state index in [0.717, 1.165) is 29.8 Å². The second-order valence-corrected chi connectivity index (χ2v) is 9.61. The van der Waals surface area contributed by atoms with Gasteiger partial charge in [-0.3, -0.25) is 10.7 Å². The quantitative estimate of drug-likeness (QED) is 0.255. The summed E-state index contributed by atoms with van der Waals surface area (Å²) in [6.07, 6.45) is 5.10. The van der Waals surface area contributed by atoms with Gasteiger partial charge in [0.1, 0.15) is 0 Å². The second kappa shape index (κ2) is 8.99. The second-order valence-electron chi connectivity index (χ2n) is 8.54. The topological polar surface area (TPSA) is 86.4 Å². The van der Waals surface area contributed by atoms with Gasteiger partial charge in [-0.05, 0) is 62.6 Å². The number of hydrogen-bond acceptors (Lipinski definition) is 7. The van der Waals surface area contributed by atoms with Gasteiger partial charge in [0, 0.05) is 19.3 Å². The van der Waals surface area contributed by atoms with Gasteiger partial charge in [0.25, 0.3) is 0 Å². The maximum atomic E-state index is 10.1. The Balaban J connectivity index is 1.25. The molecule has 0 bridgehead atoms. The zero-order chi connectivity index (χ0) is 21.1. The van der Waals surface area contributed by atoms with Crippen molar-refractivity contribution >= 4 is 17.5 Å². The Bertz CT molecular complexity index is 900. The maximum Gasteiger partial charge on any atom is 0.201 e. The molecule has 2 atom stereocenters. The number of nitrogens with zero attached hydrogens (tertiary/aromatic N) is 4. The van der Waals surface area contributed by atoms with Crippen LogP contribution >= 0.6 is 11.8 Å². The van der Waals surface area contributed by atoms with Gasteiger partial charge in [-0.25, -0.2) is 0 Å². The molecule has 2 unspecified atom stereocenters. The first-order valence-corrected chi connectivity index (χ1v) is 11.6. The number of aromatic nitrogens is 3. The van der Waals surface area contributed by atoms with E-state index in [9.17, 15) is 5.11 Å². The van der Waals surface area contributed by atoms with Crippen molar-refractivity contribution in [2.45, 2.75) is 43.7 Å². The summed E-state index contributed by atoms with van der Waals surface area (Å²) in [6.45, 7) is 5.11. The lowest BCUT2D eigenvalue weighted by molar-refractivity contribution is 0.0973. The van der Waals surface area contributed by atoms with Crippen LogP contribution in [0.25, 0.3) is 5.76 Å². The van der Waals surface area contributed by atoms with Crippen molar-refractivity contribution in [1.82, 2.24) is 25.1 Å². The van der Waals surface area contributed by atoms with Crippen molar-refractivity contribution in [1.29, 1.82) is 0 Å². The molecule has 1 saturated heterocycles. The minimum atomic E-state index is -0.102. The lowest BCUT2D eigenvalue weighted by atomic mass is 9.57. The Kier molecular flexibility index (Phi) is 6.36. The van der Waals surface area contributed by atoms with Gasteiger partial charge in [0.05, 0.1) is 5.70 Å². The number of nitrogens with one attached hydrogen (secondary N) is 1. The Morgan fingerprint density at radius 2 is 2.07 bits per heavy atom. The number of hydrogen-bond donors (Lipinski definition) is 3. The van der Waals surface area contributed by atoms with Crippen LogP contribution in [-0.2, 0) is 7.05 Å². The molecule has 162 valence electrons. The van der Waals surface area contributed by atoms with Crippen LogP contribution < -0.4 is 5.48 Å². The van der Waals surface area contributed by atoms with E-state index in [1.807, 2.05) is 12.5 Å². The molecule has 1 aliphatic heterocycles. The van der Waals surface area contributed by atoms with Crippen molar-refractivity contribution < 1.29 is 10.3 Å². The SMILES string of the molecule is C/C(NO)=C(/O)c1nnc(SCCCN2CCC3(CCC3c3ccccc3)C2)n1C. The number of aliphatic hydroxyl groups excluding tert-OH is 1. The Morgan fingerprint density at radius 1 is 1.27 bits per heavy atom. The van der Waals surface area contributed by atoms with Gasteiger partial charge in [-0.15, -0.1) is 10.2 Å². The fraction of sp³-hybridized carbons (Fsp3) is 0.545. The molecule has 2 heterocycles. The molecule has 1 aromatic heterocycles. The van der Waals surface area contributed by atoms with E-state index >= 15 is 0 Å². The molecular formula is C22H31N5O2S. The zero-order valence-corrected chi connectivity index (χ0v) is 18.5. The molecule has 2 fully saturated rings. The Labute approximate surface area is 182 Å². The van der Waals surface area contributed by atoms with E-state index in [1.54, 1.807) is 23.3 Å². The molecule has 1 saturated carbocycles. The largest absolute Gasteiger partial charge is 0.503 e. The van der Waals surface area contributed by atoms with Crippen LogP contribution in [0.5, 0.6) is 0 Å². The van der Waals surface area contributed by atoms with Crippen LogP contribution in [-0.4, -0.2) is 55.4 Å². The Morgan fingerprint density at radius 3 is 2.77 bits per heavy atom. The first-order chi connectivity index (χ1) is 14.5. The molecule has 2 aromatic rings. The van der Waals surface area contributed by atoms with E-state index < -0.39 is 0 Å². The normalized spacial score (nSPS) is 24.7. The minimum absolute atomic E-state index is 0.102. The standard InChI is InChI=1S/C22H31N5O2S/c1-16(25-29)19(28)20-23-24-21(26(20)2)30-14-6-12-27-13-11-22(15-27)10-9-18(22)17-7-4-3-5-8-17/h3-5,7-8,18,25,28-29H,6,9-15H2,1-2H3/b19-16-. The van der Waals surface area contributed by atoms with Crippen LogP contribution in [0, 0.1) is 5.41 Å². The molecule has 1 spiro atoms. The molecule has 2 aliphatic rings. The van der Waals surface area contributed by atoms with Gasteiger partial charge < -0.3 is 14.6 Å². The molecule has 30 heavy (non-hydrogen) atoms. The van der Waals surface area contributed by atoms with Crippen molar-refractivity contribution in [2.24, 2.45) is 12.5 Å². The summed E-state index contributed by atoms with van der Waals surface area (Å²) in [6, 6.07) is 11.0. The summed E-state index contributed by atoms with van der Waals surface area (Å²) in [5, 5.41) is 28.0. The molecule has 7 nitrogen and oxygen atoms in total. The van der Waals surface area contributed by atoms with Crippen molar-refractivity contribution in [2.75, 3.05) is 25.4 Å². The molecule has 0 radical (unpaired) electrons. The molecule has 8 heteroatoms. The van der Waals surface area contributed by atoms with Gasteiger partial charge in [0.15, 0.2) is 10.9 Å². The van der Waals surface area contributed by atoms with Gasteiger partial charge in [-0.1, -0.05) is 42.1 Å². The predicted molar refractivity (Wildman–Crippen MR) is 118 cm³/mol. The van der Waals surface area contributed by atoms with E-state index in [4.69, 9.17) is 5.21 Å². The van der Waals surface area contributed by atoms with Crippen molar-refractivity contribution in [3.63, 3.8) is 0 Å². The van der Waals surface area contributed by atoms with Crippen LogP contribution in [0.2, 0.25) is 0 Å². The molecule has 3 N–H and O–H groups in total. The highest BCUT2D eigenvalue weighted by atomic mass is 32.2. The van der Waals surface area contributed by atoms with Gasteiger partial charge in [-0.2, -0.15) is 0 Å². The van der Waals surface area contributed by atoms with Crippen LogP contribution in [0.3, 0.4) is 0 Å². The predicted octanol–water partition coefficient (Wildman–Crippen LogP) is 3.79. The van der Waals surface area contributed by atoms with E-state index in [2.05, 4.69) is 45.4 Å². The summed E-state index contributed by atoms with van der Waals surface area (Å²) in [5.41, 5.74) is 4.21. The maximum absolute atomic E-state index is 10.1. The van der Waals surface area contributed by atoms with E-state index in [0.29, 0.717) is 11.2 Å². The molecule has 0 amide bonds. The van der Waals surface area contributed by atoms with Crippen LogP contribution in [0.4, 0.5) is 0 Å². The number of allylic oxidation sites excluding steroid dienone is 1. The Hall–Kier alpha value is -2.03. The van der Waals surface area contributed by atoms with Crippen LogP contribution in [0.15, 0.2) is 41.2 Å². The lowest BCUT2D eigenvalue weighted by Gasteiger charge is -2.48. The fourth-order valence-corrected chi connectivity index (χ4v) is 5.72. The zero-order valence-electron chi connectivity index (χ0n) is 17.7. The number of likely N-dealkylation sites (tertiary alicyclic amines) is 1. The molecule has 1 aliphatic carbocycles. The molecule has 4 rings (SSSR count). The third-order valence-corrected chi connectivity index (χ3v) is 7.86. The summed E-state index contributed by atoms with van der Waals surface area (Å²) < 4.78 is 1.75. The summed E-state index contributed by atoms with van der Waals surface area (Å²) in [7, 11) is 1.82. The molecular weight excluding hydrogens is 398 g/mol. The first-order valence-electron chi connectivity index (χ1n) is 10.6. The minimum Gasteiger partial charge on any atom is -0.503 e. The average Bonchev–Trinajstić information content (AvgIpc) is 3.35. The van der Waals surface area contributed by atoms with E-state index in [-0.39, 0.29) is 11.5 Å². The lowest BCUT2D eigenvalue weighted by Crippen LogP contribution is -2.41. The summed E-state index contributed by atoms with van der Waals surface area (Å²) in [5.74, 6) is 1.93. The van der Waals surface area contributed by atoms with Crippen LogP contribution in [0.1, 0.15) is 49.9 Å². The third kappa shape index (κ3) is 4.08. The fourth-order valence-electron chi connectivity index (χ4n) is 4.89. The number of rotatable bonds is 8. The monoisotopic (exact) mass is 429 g/mol. The highest BCUT2D eigenvalue weighted by molar-refractivity contribution is 7.99. The number of benzene rings is 1. The number of hydroxylamine groups is 1. The van der Waals surface area contributed by atoms with Gasteiger partial charge >= 0.3 is 0 Å². The highest BCUT2D eigenvalue weighted by Gasteiger charge is 2.50.